The molecule has 1 nitrogen and oxygen atoms in total. The number of para-hydroxylation sites is 1. The summed E-state index contributed by atoms with van der Waals surface area (Å²) in [5, 5.41) is 1.12. The van der Waals surface area contributed by atoms with Crippen LogP contribution in [-0.4, -0.2) is 0 Å². The van der Waals surface area contributed by atoms with E-state index >= 15 is 0 Å². The molecular weight excluding hydrogens is 124 g/mol. The number of fused-ring (bicyclic) bond motifs is 1. The van der Waals surface area contributed by atoms with Crippen molar-refractivity contribution in [1.29, 1.82) is 0 Å². The highest BCUT2D eigenvalue weighted by molar-refractivity contribution is 5.77. The minimum Gasteiger partial charge on any atom is -0.461 e. The molecule has 0 N–H and O–H groups in total. The molecule has 0 fully saturated rings. The van der Waals surface area contributed by atoms with Gasteiger partial charge in [0.1, 0.15) is 11.3 Å². The highest BCUT2D eigenvalue weighted by atomic mass is 16.3. The second kappa shape index (κ2) is 1.87. The number of benzene rings is 1. The molecule has 0 spiro atoms. The first-order chi connectivity index (χ1) is 4.86. The van der Waals surface area contributed by atoms with Crippen LogP contribution in [0.1, 0.15) is 5.76 Å². The fourth-order valence-corrected chi connectivity index (χ4v) is 1.04. The van der Waals surface area contributed by atoms with Crippen molar-refractivity contribution in [3.63, 3.8) is 0 Å². The molecule has 0 unspecified atom stereocenters. The Morgan fingerprint density at radius 3 is 2.80 bits per heavy atom. The Morgan fingerprint density at radius 1 is 1.20 bits per heavy atom. The number of rotatable bonds is 0. The zero-order chi connectivity index (χ0) is 6.97. The average molecular weight is 131 g/mol. The van der Waals surface area contributed by atoms with Crippen LogP contribution in [0.25, 0.3) is 11.0 Å². The van der Waals surface area contributed by atoms with Gasteiger partial charge in [-0.3, -0.25) is 0 Å². The fraction of sp³-hybridized carbons (Fsp3) is 0. The Balaban J connectivity index is 2.88. The zero-order valence-electron chi connectivity index (χ0n) is 5.50. The van der Waals surface area contributed by atoms with Crippen molar-refractivity contribution in [3.05, 3.63) is 43.0 Å². The second-order valence-electron chi connectivity index (χ2n) is 2.25. The smallest absolute Gasteiger partial charge is 0.134 e. The van der Waals surface area contributed by atoms with Gasteiger partial charge < -0.3 is 4.42 Å². The SMILES string of the molecule is [CH2]c1cc2ccccc2o1. The van der Waals surface area contributed by atoms with Gasteiger partial charge in [-0.05, 0) is 12.1 Å². The van der Waals surface area contributed by atoms with Crippen LogP contribution in [0.4, 0.5) is 0 Å². The second-order valence-corrected chi connectivity index (χ2v) is 2.25. The third kappa shape index (κ3) is 0.711. The Hall–Kier alpha value is -1.24. The molecule has 0 amide bonds. The van der Waals surface area contributed by atoms with E-state index < -0.39 is 0 Å². The molecule has 0 atom stereocenters. The van der Waals surface area contributed by atoms with E-state index in [0.717, 1.165) is 16.7 Å². The summed E-state index contributed by atoms with van der Waals surface area (Å²) >= 11 is 0. The van der Waals surface area contributed by atoms with Crippen LogP contribution in [0.2, 0.25) is 0 Å². The van der Waals surface area contributed by atoms with Gasteiger partial charge in [-0.1, -0.05) is 18.2 Å². The van der Waals surface area contributed by atoms with Crippen molar-refractivity contribution < 1.29 is 4.42 Å². The summed E-state index contributed by atoms with van der Waals surface area (Å²) < 4.78 is 5.26. The van der Waals surface area contributed by atoms with Crippen LogP contribution in [-0.2, 0) is 0 Å². The molecule has 2 rings (SSSR count). The predicted molar refractivity (Wildman–Crippen MR) is 40.7 cm³/mol. The highest BCUT2D eigenvalue weighted by Gasteiger charge is 1.95. The quantitative estimate of drug-likeness (QED) is 0.535. The number of hydrogen-bond donors (Lipinski definition) is 0. The van der Waals surface area contributed by atoms with Crippen molar-refractivity contribution in [1.82, 2.24) is 0 Å². The number of furan rings is 1. The lowest BCUT2D eigenvalue weighted by atomic mass is 10.2. The summed E-state index contributed by atoms with van der Waals surface area (Å²) in [6.07, 6.45) is 0. The van der Waals surface area contributed by atoms with Crippen LogP contribution in [0.15, 0.2) is 34.7 Å². The van der Waals surface area contributed by atoms with Crippen molar-refractivity contribution in [2.75, 3.05) is 0 Å². The normalized spacial score (nSPS) is 10.5. The Morgan fingerprint density at radius 2 is 2.00 bits per heavy atom. The van der Waals surface area contributed by atoms with Gasteiger partial charge in [0, 0.05) is 12.3 Å². The Labute approximate surface area is 59.3 Å². The van der Waals surface area contributed by atoms with Gasteiger partial charge in [0.15, 0.2) is 0 Å². The molecular formula is C9H7O. The molecule has 49 valence electrons. The third-order valence-corrected chi connectivity index (χ3v) is 1.48. The minimum absolute atomic E-state index is 0.723. The Bertz CT molecular complexity index is 313. The van der Waals surface area contributed by atoms with Crippen LogP contribution in [0, 0.1) is 6.92 Å². The lowest BCUT2D eigenvalue weighted by Crippen LogP contribution is -1.57. The van der Waals surface area contributed by atoms with E-state index in [0.29, 0.717) is 0 Å². The molecule has 0 aliphatic rings. The minimum atomic E-state index is 0.723. The molecule has 2 aromatic rings. The average Bonchev–Trinajstić information content (AvgIpc) is 2.27. The molecule has 0 saturated heterocycles. The summed E-state index contributed by atoms with van der Waals surface area (Å²) in [4.78, 5) is 0. The molecule has 0 aliphatic carbocycles. The predicted octanol–water partition coefficient (Wildman–Crippen LogP) is 2.61. The van der Waals surface area contributed by atoms with Crippen LogP contribution in [0.3, 0.4) is 0 Å². The molecule has 1 aromatic heterocycles. The lowest BCUT2D eigenvalue weighted by Gasteiger charge is -1.81. The zero-order valence-corrected chi connectivity index (χ0v) is 5.50. The van der Waals surface area contributed by atoms with Gasteiger partial charge in [-0.2, -0.15) is 0 Å². The molecule has 0 saturated carbocycles. The van der Waals surface area contributed by atoms with Gasteiger partial charge in [0.25, 0.3) is 0 Å². The van der Waals surface area contributed by atoms with Crippen LogP contribution in [0.5, 0.6) is 0 Å². The van der Waals surface area contributed by atoms with E-state index in [1.807, 2.05) is 30.3 Å². The van der Waals surface area contributed by atoms with Crippen molar-refractivity contribution in [2.45, 2.75) is 0 Å². The van der Waals surface area contributed by atoms with E-state index in [-0.39, 0.29) is 0 Å². The molecule has 1 aromatic carbocycles. The van der Waals surface area contributed by atoms with Crippen molar-refractivity contribution >= 4 is 11.0 Å². The van der Waals surface area contributed by atoms with E-state index in [1.54, 1.807) is 0 Å². The standard InChI is InChI=1S/C9H7O/c1-7-6-8-4-2-3-5-9(8)10-7/h2-6H,1H2. The van der Waals surface area contributed by atoms with E-state index in [9.17, 15) is 0 Å². The first-order valence-corrected chi connectivity index (χ1v) is 3.17. The summed E-state index contributed by atoms with van der Waals surface area (Å²) in [6, 6.07) is 9.80. The monoisotopic (exact) mass is 131 g/mol. The largest absolute Gasteiger partial charge is 0.461 e. The molecule has 0 bridgehead atoms. The molecule has 1 radical (unpaired) electrons. The van der Waals surface area contributed by atoms with Crippen LogP contribution >= 0.6 is 0 Å². The number of hydrogen-bond acceptors (Lipinski definition) is 1. The van der Waals surface area contributed by atoms with Crippen molar-refractivity contribution in [3.8, 4) is 0 Å². The summed E-state index contributed by atoms with van der Waals surface area (Å²) in [6.45, 7) is 3.69. The lowest BCUT2D eigenvalue weighted by molar-refractivity contribution is 0.595. The van der Waals surface area contributed by atoms with Crippen molar-refractivity contribution in [2.24, 2.45) is 0 Å². The van der Waals surface area contributed by atoms with E-state index in [1.165, 1.54) is 0 Å². The molecule has 1 heterocycles. The molecule has 0 aliphatic heterocycles. The first kappa shape index (κ1) is 5.54. The van der Waals surface area contributed by atoms with Gasteiger partial charge in [0.2, 0.25) is 0 Å². The van der Waals surface area contributed by atoms with Gasteiger partial charge >= 0.3 is 0 Å². The fourth-order valence-electron chi connectivity index (χ4n) is 1.04. The summed E-state index contributed by atoms with van der Waals surface area (Å²) in [7, 11) is 0. The molecule has 10 heavy (non-hydrogen) atoms. The van der Waals surface area contributed by atoms with Crippen LogP contribution < -0.4 is 0 Å². The topological polar surface area (TPSA) is 13.1 Å². The highest BCUT2D eigenvalue weighted by Crippen LogP contribution is 2.17. The van der Waals surface area contributed by atoms with Gasteiger partial charge in [-0.25, -0.2) is 0 Å². The third-order valence-electron chi connectivity index (χ3n) is 1.48. The van der Waals surface area contributed by atoms with E-state index in [2.05, 4.69) is 6.92 Å². The van der Waals surface area contributed by atoms with E-state index in [4.69, 9.17) is 4.42 Å². The first-order valence-electron chi connectivity index (χ1n) is 3.17. The Kier molecular flexibility index (Phi) is 1.04. The van der Waals surface area contributed by atoms with Gasteiger partial charge in [-0.15, -0.1) is 0 Å². The maximum atomic E-state index is 5.26. The van der Waals surface area contributed by atoms with Gasteiger partial charge in [0.05, 0.1) is 0 Å². The molecule has 1 heteroatoms. The summed E-state index contributed by atoms with van der Waals surface area (Å²) in [5.41, 5.74) is 0.910. The maximum Gasteiger partial charge on any atom is 0.134 e. The summed E-state index contributed by atoms with van der Waals surface area (Å²) in [5.74, 6) is 0.723. The maximum absolute atomic E-state index is 5.26.